The van der Waals surface area contributed by atoms with E-state index in [1.54, 1.807) is 24.3 Å². The summed E-state index contributed by atoms with van der Waals surface area (Å²) in [6.07, 6.45) is 2.09. The Kier molecular flexibility index (Phi) is 5.41. The third kappa shape index (κ3) is 4.46. The molecule has 0 spiro atoms. The van der Waals surface area contributed by atoms with Crippen LogP contribution in [0.3, 0.4) is 0 Å². The minimum Gasteiger partial charge on any atom is -0.321 e. The van der Waals surface area contributed by atoms with Crippen molar-refractivity contribution in [3.63, 3.8) is 0 Å². The number of nitrogens with zero attached hydrogens (tertiary/aromatic N) is 1. The first-order valence-corrected chi connectivity index (χ1v) is 8.42. The van der Waals surface area contributed by atoms with E-state index in [0.29, 0.717) is 11.2 Å². The van der Waals surface area contributed by atoms with Gasteiger partial charge in [-0.1, -0.05) is 37.3 Å². The molecule has 0 saturated heterocycles. The van der Waals surface area contributed by atoms with Crippen molar-refractivity contribution < 1.29 is 9.59 Å². The molecule has 7 nitrogen and oxygen atoms in total. The van der Waals surface area contributed by atoms with Crippen LogP contribution in [-0.4, -0.2) is 23.0 Å². The molecule has 7 heteroatoms. The highest BCUT2D eigenvalue weighted by Crippen LogP contribution is 2.10. The van der Waals surface area contributed by atoms with Crippen molar-refractivity contribution in [3.8, 4) is 0 Å². The van der Waals surface area contributed by atoms with Gasteiger partial charge in [0.1, 0.15) is 0 Å². The second kappa shape index (κ2) is 8.09. The van der Waals surface area contributed by atoms with E-state index < -0.39 is 11.8 Å². The van der Waals surface area contributed by atoms with Gasteiger partial charge in [0.2, 0.25) is 0 Å². The minimum absolute atomic E-state index is 0.268. The van der Waals surface area contributed by atoms with Crippen LogP contribution in [0, 0.1) is 0 Å². The molecule has 0 atom stereocenters. The molecule has 2 aromatic carbocycles. The average molecular weight is 362 g/mol. The Balaban J connectivity index is 1.63. The number of hydrazone groups is 1. The number of hydrogen-bond acceptors (Lipinski definition) is 4. The number of carbonyl (C=O) groups is 2. The number of hydrogen-bond donors (Lipinski definition) is 3. The number of anilines is 1. The number of aryl methyl sites for hydroxylation is 1. The summed E-state index contributed by atoms with van der Waals surface area (Å²) in [7, 11) is 0. The molecular formula is C20H18N4O3. The highest BCUT2D eigenvalue weighted by molar-refractivity contribution is 6.39. The summed E-state index contributed by atoms with van der Waals surface area (Å²) in [5.74, 6) is -1.77. The molecule has 0 bridgehead atoms. The topological polar surface area (TPSA) is 103 Å². The molecule has 27 heavy (non-hydrogen) atoms. The first kappa shape index (κ1) is 18.1. The highest BCUT2D eigenvalue weighted by Gasteiger charge is 2.12. The summed E-state index contributed by atoms with van der Waals surface area (Å²) in [6, 6.07) is 16.1. The van der Waals surface area contributed by atoms with Crippen LogP contribution in [0.5, 0.6) is 0 Å². The van der Waals surface area contributed by atoms with Crippen LogP contribution in [0.2, 0.25) is 0 Å². The van der Waals surface area contributed by atoms with Crippen LogP contribution in [0.4, 0.5) is 5.69 Å². The fourth-order valence-electron chi connectivity index (χ4n) is 2.48. The second-order valence-corrected chi connectivity index (χ2v) is 5.84. The summed E-state index contributed by atoms with van der Waals surface area (Å²) in [4.78, 5) is 38.4. The molecule has 0 fully saturated rings. The van der Waals surface area contributed by atoms with E-state index in [4.69, 9.17) is 0 Å². The van der Waals surface area contributed by atoms with Crippen LogP contribution in [0.1, 0.15) is 18.1 Å². The lowest BCUT2D eigenvalue weighted by Gasteiger charge is -2.04. The van der Waals surface area contributed by atoms with Gasteiger partial charge >= 0.3 is 11.8 Å². The van der Waals surface area contributed by atoms with Crippen LogP contribution in [0.15, 0.2) is 64.5 Å². The largest absolute Gasteiger partial charge is 0.329 e. The molecule has 1 heterocycles. The molecule has 3 aromatic rings. The molecule has 0 saturated carbocycles. The van der Waals surface area contributed by atoms with Crippen molar-refractivity contribution >= 4 is 34.6 Å². The monoisotopic (exact) mass is 362 g/mol. The van der Waals surface area contributed by atoms with E-state index in [9.17, 15) is 14.4 Å². The zero-order valence-corrected chi connectivity index (χ0v) is 14.7. The third-order valence-electron chi connectivity index (χ3n) is 3.98. The maximum absolute atomic E-state index is 12.0. The van der Waals surface area contributed by atoms with E-state index in [1.807, 2.05) is 37.3 Å². The van der Waals surface area contributed by atoms with Crippen LogP contribution < -0.4 is 16.3 Å². The predicted octanol–water partition coefficient (Wildman–Crippen LogP) is 2.18. The number of aromatic amines is 1. The molecule has 0 radical (unpaired) electrons. The number of amides is 2. The number of para-hydroxylation sites is 1. The zero-order valence-electron chi connectivity index (χ0n) is 14.7. The fourth-order valence-corrected chi connectivity index (χ4v) is 2.48. The van der Waals surface area contributed by atoms with Crippen LogP contribution in [-0.2, 0) is 16.0 Å². The molecule has 0 unspecified atom stereocenters. The normalized spacial score (nSPS) is 10.9. The number of carbonyl (C=O) groups excluding carboxylic acids is 2. The van der Waals surface area contributed by atoms with Gasteiger partial charge in [0.25, 0.3) is 5.56 Å². The number of nitrogens with one attached hydrogen (secondary N) is 3. The fraction of sp³-hybridized carbons (Fsp3) is 0.100. The second-order valence-electron chi connectivity index (χ2n) is 5.84. The van der Waals surface area contributed by atoms with E-state index in [-0.39, 0.29) is 11.1 Å². The van der Waals surface area contributed by atoms with Crippen molar-refractivity contribution in [2.24, 2.45) is 5.10 Å². The molecule has 3 N–H and O–H groups in total. The van der Waals surface area contributed by atoms with Gasteiger partial charge in [0.05, 0.1) is 11.8 Å². The Morgan fingerprint density at radius 2 is 1.81 bits per heavy atom. The van der Waals surface area contributed by atoms with Gasteiger partial charge in [-0.15, -0.1) is 0 Å². The summed E-state index contributed by atoms with van der Waals surface area (Å²) in [6.45, 7) is 2.03. The van der Waals surface area contributed by atoms with Gasteiger partial charge < -0.3 is 10.3 Å². The van der Waals surface area contributed by atoms with Gasteiger partial charge in [-0.25, -0.2) is 5.43 Å². The lowest BCUT2D eigenvalue weighted by atomic mass is 10.1. The van der Waals surface area contributed by atoms with E-state index in [2.05, 4.69) is 20.8 Å². The first-order valence-electron chi connectivity index (χ1n) is 8.42. The molecule has 3 rings (SSSR count). The van der Waals surface area contributed by atoms with Crippen molar-refractivity contribution in [1.29, 1.82) is 0 Å². The van der Waals surface area contributed by atoms with Gasteiger partial charge in [-0.3, -0.25) is 14.4 Å². The SMILES string of the molecule is CCc1ccc(NC(=O)C(=O)N/N=C/c2cc3ccccc3[nH]c2=O)cc1. The average Bonchev–Trinajstić information content (AvgIpc) is 2.68. The quantitative estimate of drug-likeness (QED) is 0.376. The predicted molar refractivity (Wildman–Crippen MR) is 105 cm³/mol. The maximum atomic E-state index is 12.0. The molecule has 0 aliphatic heterocycles. The van der Waals surface area contributed by atoms with E-state index >= 15 is 0 Å². The Morgan fingerprint density at radius 1 is 1.07 bits per heavy atom. The number of H-pyrrole nitrogens is 1. The minimum atomic E-state index is -0.928. The highest BCUT2D eigenvalue weighted by atomic mass is 16.2. The molecule has 2 amide bonds. The van der Waals surface area contributed by atoms with Crippen molar-refractivity contribution in [2.45, 2.75) is 13.3 Å². The molecule has 0 aliphatic rings. The Hall–Kier alpha value is -3.74. The van der Waals surface area contributed by atoms with Crippen molar-refractivity contribution in [3.05, 3.63) is 76.1 Å². The Bertz CT molecular complexity index is 1070. The van der Waals surface area contributed by atoms with E-state index in [0.717, 1.165) is 17.4 Å². The molecular weight excluding hydrogens is 344 g/mol. The lowest BCUT2D eigenvalue weighted by molar-refractivity contribution is -0.136. The summed E-state index contributed by atoms with van der Waals surface area (Å²) < 4.78 is 0. The molecule has 136 valence electrons. The number of aromatic nitrogens is 1. The van der Waals surface area contributed by atoms with Crippen LogP contribution >= 0.6 is 0 Å². The molecule has 0 aliphatic carbocycles. The first-order chi connectivity index (χ1) is 13.1. The van der Waals surface area contributed by atoms with Gasteiger partial charge in [-0.2, -0.15) is 5.10 Å². The third-order valence-corrected chi connectivity index (χ3v) is 3.98. The standard InChI is InChI=1S/C20H18N4O3/c1-2-13-7-9-16(10-8-13)22-19(26)20(27)24-21-12-15-11-14-5-3-4-6-17(14)23-18(15)25/h3-12H,2H2,1H3,(H,22,26)(H,23,25)(H,24,27)/b21-12+. The summed E-state index contributed by atoms with van der Waals surface area (Å²) in [5.41, 5.74) is 4.39. The lowest BCUT2D eigenvalue weighted by Crippen LogP contribution is -2.32. The Morgan fingerprint density at radius 3 is 2.56 bits per heavy atom. The number of benzene rings is 2. The van der Waals surface area contributed by atoms with Gasteiger partial charge in [0.15, 0.2) is 0 Å². The van der Waals surface area contributed by atoms with Crippen molar-refractivity contribution in [1.82, 2.24) is 10.4 Å². The van der Waals surface area contributed by atoms with Gasteiger partial charge in [0, 0.05) is 11.2 Å². The molecule has 1 aromatic heterocycles. The van der Waals surface area contributed by atoms with Gasteiger partial charge in [-0.05, 0) is 41.6 Å². The van der Waals surface area contributed by atoms with E-state index in [1.165, 1.54) is 6.21 Å². The van der Waals surface area contributed by atoms with Crippen molar-refractivity contribution in [2.75, 3.05) is 5.32 Å². The number of rotatable bonds is 4. The maximum Gasteiger partial charge on any atom is 0.329 e. The Labute approximate surface area is 155 Å². The van der Waals surface area contributed by atoms with Crippen LogP contribution in [0.25, 0.3) is 10.9 Å². The summed E-state index contributed by atoms with van der Waals surface area (Å²) in [5, 5.41) is 7.01. The number of pyridine rings is 1. The summed E-state index contributed by atoms with van der Waals surface area (Å²) >= 11 is 0. The zero-order chi connectivity index (χ0) is 19.2. The number of fused-ring (bicyclic) bond motifs is 1. The smallest absolute Gasteiger partial charge is 0.321 e.